The Balaban J connectivity index is 2.75. The minimum absolute atomic E-state index is 0.285. The molecule has 1 aromatic carbocycles. The van der Waals surface area contributed by atoms with E-state index in [1.807, 2.05) is 13.0 Å². The largest absolute Gasteiger partial charge is 0.497 e. The maximum atomic E-state index is 12.2. The summed E-state index contributed by atoms with van der Waals surface area (Å²) in [5, 5.41) is 12.2. The molecule has 6 atom stereocenters. The van der Waals surface area contributed by atoms with Crippen molar-refractivity contribution < 1.29 is 14.6 Å². The van der Waals surface area contributed by atoms with E-state index < -0.39 is 5.60 Å². The molecule has 0 aromatic heterocycles. The number of methoxy groups -OCH3 is 1. The molecule has 0 bridgehead atoms. The number of benzene rings is 1. The zero-order valence-corrected chi connectivity index (χ0v) is 48.7. The highest BCUT2D eigenvalue weighted by atomic mass is 16.5. The van der Waals surface area contributed by atoms with Gasteiger partial charge in [0.1, 0.15) is 17.6 Å². The third kappa shape index (κ3) is 38.5. The molecule has 0 saturated heterocycles. The van der Waals surface area contributed by atoms with Crippen molar-refractivity contribution in [3.63, 3.8) is 0 Å². The lowest BCUT2D eigenvalue weighted by Gasteiger charge is -2.34. The molecule has 404 valence electrons. The molecule has 1 rings (SSSR count). The van der Waals surface area contributed by atoms with Gasteiger partial charge in [-0.05, 0) is 138 Å². The first kappa shape index (κ1) is 65.3. The van der Waals surface area contributed by atoms with Gasteiger partial charge in [-0.25, -0.2) is 0 Å². The standard InChI is InChI=1S/C66H122O3/c1-13-14-15-16-17-18-19-20-21-22-23-24-25-26-27-28-29-49-62-52-63(68-12)54-64(53-62)69-65(66(11,67)51-36-48-61(10)46-34-42-58(7)40-31-38-56(4)5)50-35-47-60(9)45-33-44-59(8)43-32-41-57(6)39-30-37-55(2)3/h20-21,47,52-59,61,65,67H,13-19,22-46,48-51H2,1-12H3/b21-20-,60-47+/t57-,58-,59-,61-,65?,66?/m1/s1. The van der Waals surface area contributed by atoms with Crippen molar-refractivity contribution in [2.24, 2.45) is 35.5 Å². The lowest BCUT2D eigenvalue weighted by molar-refractivity contribution is -0.0585. The summed E-state index contributed by atoms with van der Waals surface area (Å²) in [5.74, 6) is 6.54. The Bertz CT molecular complexity index is 1360. The molecule has 1 aromatic rings. The van der Waals surface area contributed by atoms with Gasteiger partial charge in [0.15, 0.2) is 0 Å². The quantitative estimate of drug-likeness (QED) is 0.0522. The number of aliphatic hydroxyl groups is 1. The molecule has 0 amide bonds. The number of hydrogen-bond donors (Lipinski definition) is 1. The second-order valence-electron chi connectivity index (χ2n) is 24.4. The van der Waals surface area contributed by atoms with Crippen LogP contribution in [0.25, 0.3) is 0 Å². The van der Waals surface area contributed by atoms with Crippen LogP contribution in [0.2, 0.25) is 0 Å². The van der Waals surface area contributed by atoms with Crippen molar-refractivity contribution in [1.29, 1.82) is 0 Å². The first-order valence-electron chi connectivity index (χ1n) is 30.5. The van der Waals surface area contributed by atoms with Gasteiger partial charge in [0.05, 0.1) is 12.7 Å². The summed E-state index contributed by atoms with van der Waals surface area (Å²) in [7, 11) is 1.77. The maximum absolute atomic E-state index is 12.2. The number of ether oxygens (including phenoxy) is 2. The van der Waals surface area contributed by atoms with E-state index in [1.165, 1.54) is 210 Å². The number of rotatable bonds is 48. The Morgan fingerprint density at radius 1 is 0.507 bits per heavy atom. The van der Waals surface area contributed by atoms with Gasteiger partial charge in [-0.2, -0.15) is 0 Å². The second-order valence-corrected chi connectivity index (χ2v) is 24.4. The molecule has 0 saturated carbocycles. The molecule has 3 nitrogen and oxygen atoms in total. The third-order valence-electron chi connectivity index (χ3n) is 15.7. The van der Waals surface area contributed by atoms with Gasteiger partial charge >= 0.3 is 0 Å². The lowest BCUT2D eigenvalue weighted by atomic mass is 9.86. The van der Waals surface area contributed by atoms with Crippen molar-refractivity contribution in [3.8, 4) is 11.5 Å². The van der Waals surface area contributed by atoms with Crippen molar-refractivity contribution in [1.82, 2.24) is 0 Å². The molecule has 0 spiro atoms. The van der Waals surface area contributed by atoms with E-state index in [-0.39, 0.29) is 6.10 Å². The number of unbranched alkanes of at least 4 members (excludes halogenated alkanes) is 13. The normalized spacial score (nSPS) is 15.5. The van der Waals surface area contributed by atoms with E-state index in [1.54, 1.807) is 7.11 Å². The van der Waals surface area contributed by atoms with Crippen LogP contribution in [-0.2, 0) is 6.42 Å². The molecule has 3 heteroatoms. The summed E-state index contributed by atoms with van der Waals surface area (Å²) < 4.78 is 12.7. The first-order valence-corrected chi connectivity index (χ1v) is 30.5. The van der Waals surface area contributed by atoms with Crippen LogP contribution in [0, 0.1) is 35.5 Å². The second kappa shape index (κ2) is 42.7. The van der Waals surface area contributed by atoms with Crippen LogP contribution in [0.5, 0.6) is 11.5 Å². The van der Waals surface area contributed by atoms with Crippen LogP contribution in [0.1, 0.15) is 306 Å². The van der Waals surface area contributed by atoms with Crippen LogP contribution in [0.4, 0.5) is 0 Å². The predicted octanol–water partition coefficient (Wildman–Crippen LogP) is 21.8. The zero-order valence-electron chi connectivity index (χ0n) is 48.7. The Morgan fingerprint density at radius 2 is 0.942 bits per heavy atom. The van der Waals surface area contributed by atoms with Crippen LogP contribution >= 0.6 is 0 Å². The molecule has 0 aliphatic rings. The van der Waals surface area contributed by atoms with E-state index in [2.05, 4.69) is 99.6 Å². The molecule has 0 aliphatic carbocycles. The highest BCUT2D eigenvalue weighted by Gasteiger charge is 2.33. The molecule has 1 N–H and O–H groups in total. The monoisotopic (exact) mass is 963 g/mol. The van der Waals surface area contributed by atoms with Gasteiger partial charge in [0, 0.05) is 6.07 Å². The van der Waals surface area contributed by atoms with Crippen molar-refractivity contribution in [3.05, 3.63) is 47.6 Å². The fraction of sp³-hybridized carbons (Fsp3) is 0.848. The van der Waals surface area contributed by atoms with Crippen molar-refractivity contribution in [2.75, 3.05) is 7.11 Å². The molecule has 0 aliphatic heterocycles. The van der Waals surface area contributed by atoms with Gasteiger partial charge < -0.3 is 14.6 Å². The SMILES string of the molecule is CCCCCCCC/C=C\CCCCCCCCCc1cc(OC)cc(OC(CC/C=C(\C)CCC[C@H](C)CCC[C@H](C)CCCC(C)C)C(C)(O)CCC[C@H](C)CCC[C@H](C)CCCC(C)C)c1. The number of allylic oxidation sites excluding steroid dienone is 4. The maximum Gasteiger partial charge on any atom is 0.127 e. The summed E-state index contributed by atoms with van der Waals surface area (Å²) >= 11 is 0. The topological polar surface area (TPSA) is 38.7 Å². The third-order valence-corrected chi connectivity index (χ3v) is 15.7. The minimum Gasteiger partial charge on any atom is -0.497 e. The van der Waals surface area contributed by atoms with E-state index in [0.29, 0.717) is 5.92 Å². The summed E-state index contributed by atoms with van der Waals surface area (Å²) in [5.41, 5.74) is 1.85. The van der Waals surface area contributed by atoms with E-state index in [9.17, 15) is 5.11 Å². The summed E-state index contributed by atoms with van der Waals surface area (Å²) in [6.45, 7) is 25.8. The zero-order chi connectivity index (χ0) is 51.0. The van der Waals surface area contributed by atoms with Gasteiger partial charge in [-0.3, -0.25) is 0 Å². The highest BCUT2D eigenvalue weighted by Crippen LogP contribution is 2.32. The van der Waals surface area contributed by atoms with Gasteiger partial charge in [0.2, 0.25) is 0 Å². The van der Waals surface area contributed by atoms with Crippen molar-refractivity contribution >= 4 is 0 Å². The fourth-order valence-electron chi connectivity index (χ4n) is 10.6. The summed E-state index contributed by atoms with van der Waals surface area (Å²) in [6, 6.07) is 6.46. The van der Waals surface area contributed by atoms with Gasteiger partial charge in [-0.15, -0.1) is 0 Å². The predicted molar refractivity (Wildman–Crippen MR) is 308 cm³/mol. The van der Waals surface area contributed by atoms with Crippen LogP contribution in [0.3, 0.4) is 0 Å². The number of aryl methyl sites for hydroxylation is 1. The molecule has 0 radical (unpaired) electrons. The average molecular weight is 964 g/mol. The van der Waals surface area contributed by atoms with Crippen LogP contribution in [-0.4, -0.2) is 23.9 Å². The minimum atomic E-state index is -0.916. The molecule has 0 heterocycles. The van der Waals surface area contributed by atoms with Gasteiger partial charge in [-0.1, -0.05) is 247 Å². The van der Waals surface area contributed by atoms with E-state index in [0.717, 1.165) is 73.2 Å². The number of hydrogen-bond acceptors (Lipinski definition) is 3. The smallest absolute Gasteiger partial charge is 0.127 e. The first-order chi connectivity index (χ1) is 33.1. The van der Waals surface area contributed by atoms with E-state index >= 15 is 0 Å². The average Bonchev–Trinajstić information content (AvgIpc) is 3.29. The summed E-state index contributed by atoms with van der Waals surface area (Å²) in [6.07, 6.45) is 52.8. The van der Waals surface area contributed by atoms with Crippen LogP contribution in [0.15, 0.2) is 42.0 Å². The Labute approximate surface area is 433 Å². The molecular formula is C66H122O3. The highest BCUT2D eigenvalue weighted by molar-refractivity contribution is 5.39. The van der Waals surface area contributed by atoms with Gasteiger partial charge in [0.25, 0.3) is 0 Å². The molecule has 0 fully saturated rings. The Hall–Kier alpha value is -1.74. The molecular weight excluding hydrogens is 841 g/mol. The molecule has 69 heavy (non-hydrogen) atoms. The molecule has 2 unspecified atom stereocenters. The lowest BCUT2D eigenvalue weighted by Crippen LogP contribution is -2.43. The fourth-order valence-corrected chi connectivity index (χ4v) is 10.6. The Kier molecular flexibility index (Phi) is 40.4. The van der Waals surface area contributed by atoms with Crippen LogP contribution < -0.4 is 9.47 Å². The Morgan fingerprint density at radius 3 is 1.43 bits per heavy atom. The van der Waals surface area contributed by atoms with E-state index in [4.69, 9.17) is 9.47 Å². The van der Waals surface area contributed by atoms with Crippen molar-refractivity contribution in [2.45, 2.75) is 319 Å². The summed E-state index contributed by atoms with van der Waals surface area (Å²) in [4.78, 5) is 0.